The molecule has 134 valence electrons. The second kappa shape index (κ2) is 5.75. The van der Waals surface area contributed by atoms with Gasteiger partial charge in [-0.1, -0.05) is 0 Å². The Bertz CT molecular complexity index is 982. The van der Waals surface area contributed by atoms with Gasteiger partial charge in [0.25, 0.3) is 0 Å². The Morgan fingerprint density at radius 1 is 0.692 bits per heavy atom. The number of benzene rings is 2. The van der Waals surface area contributed by atoms with Gasteiger partial charge in [-0.3, -0.25) is 0 Å². The van der Waals surface area contributed by atoms with Crippen molar-refractivity contribution in [1.82, 2.24) is 0 Å². The number of rotatable bonds is 2. The zero-order valence-corrected chi connectivity index (χ0v) is 22.0. The molecule has 0 amide bonds. The molecule has 2 aromatic carbocycles. The Hall–Kier alpha value is -0.993. The summed E-state index contributed by atoms with van der Waals surface area (Å²) in [5, 5.41) is 0. The monoisotopic (exact) mass is 526 g/mol. The van der Waals surface area contributed by atoms with Crippen molar-refractivity contribution >= 4 is 19.1 Å². The van der Waals surface area contributed by atoms with Crippen LogP contribution < -0.4 is 0 Å². The van der Waals surface area contributed by atoms with Crippen LogP contribution in [0.2, 0.25) is 9.36 Å². The molecule has 0 aliphatic heterocycles. The van der Waals surface area contributed by atoms with Crippen LogP contribution in [0.3, 0.4) is 0 Å². The van der Waals surface area contributed by atoms with E-state index in [0.717, 1.165) is 0 Å². The summed E-state index contributed by atoms with van der Waals surface area (Å²) < 4.78 is 6.74. The van der Waals surface area contributed by atoms with Crippen molar-refractivity contribution in [2.24, 2.45) is 0 Å². The fraction of sp³-hybridized carbons (Fsp3) is 0.333. The van der Waals surface area contributed by atoms with Gasteiger partial charge in [0.15, 0.2) is 0 Å². The van der Waals surface area contributed by atoms with Crippen molar-refractivity contribution in [3.8, 4) is 0 Å². The molecule has 2 atom stereocenters. The maximum atomic E-state index is 2.72. The van der Waals surface area contributed by atoms with Crippen LogP contribution in [0.25, 0.3) is 12.2 Å². The van der Waals surface area contributed by atoms with E-state index in [1.54, 1.807) is 22.3 Å². The van der Waals surface area contributed by atoms with Crippen LogP contribution in [-0.4, -0.2) is 6.94 Å². The zero-order valence-electron chi connectivity index (χ0n) is 17.0. The molecule has 2 heteroatoms. The first kappa shape index (κ1) is 18.4. The van der Waals surface area contributed by atoms with Crippen LogP contribution in [0, 0.1) is 13.8 Å². The van der Waals surface area contributed by atoms with E-state index in [9.17, 15) is 0 Å². The van der Waals surface area contributed by atoms with Gasteiger partial charge in [0.05, 0.1) is 0 Å². The van der Waals surface area contributed by atoms with Crippen molar-refractivity contribution in [2.45, 2.75) is 44.4 Å². The number of hydrogen-bond donors (Lipinski definition) is 0. The fourth-order valence-corrected chi connectivity index (χ4v) is 36.7. The third kappa shape index (κ3) is 2.48. The molecule has 0 fully saturated rings. The fourth-order valence-electron chi connectivity index (χ4n) is 6.10. The molecule has 26 heavy (non-hydrogen) atoms. The Labute approximate surface area is 160 Å². The normalized spacial score (nSPS) is 22.0. The average Bonchev–Trinajstić information content (AvgIpc) is 3.06. The van der Waals surface area contributed by atoms with E-state index in [1.807, 2.05) is 0 Å². The summed E-state index contributed by atoms with van der Waals surface area (Å²) in [6, 6.07) is 13.9. The van der Waals surface area contributed by atoms with Gasteiger partial charge in [-0.2, -0.15) is 0 Å². The van der Waals surface area contributed by atoms with E-state index in [0.29, 0.717) is 7.35 Å². The molecular weight excluding hydrogens is 495 g/mol. The summed E-state index contributed by atoms with van der Waals surface area (Å²) >= 11 is -3.35. The van der Waals surface area contributed by atoms with Crippen LogP contribution in [-0.2, 0) is 17.1 Å². The van der Waals surface area contributed by atoms with E-state index in [-0.39, 0.29) is 0 Å². The van der Waals surface area contributed by atoms with Crippen LogP contribution in [0.1, 0.15) is 54.6 Å². The minimum absolute atomic E-state index is 0.653. The molecule has 0 saturated carbocycles. The topological polar surface area (TPSA) is 0 Å². The number of fused-ring (bicyclic) bond motifs is 2. The molecule has 2 aliphatic carbocycles. The Morgan fingerprint density at radius 2 is 1.08 bits per heavy atom. The summed E-state index contributed by atoms with van der Waals surface area (Å²) in [6.07, 6.45) is 4.97. The molecule has 0 bridgehead atoms. The van der Waals surface area contributed by atoms with Gasteiger partial charge >= 0.3 is 162 Å². The van der Waals surface area contributed by atoms with Crippen LogP contribution >= 0.6 is 0 Å². The molecule has 0 heterocycles. The molecule has 0 saturated heterocycles. The number of hydrogen-bond acceptors (Lipinski definition) is 0. The second-order valence-electron chi connectivity index (χ2n) is 9.74. The first-order valence-corrected chi connectivity index (χ1v) is 29.4. The first-order valence-electron chi connectivity index (χ1n) is 9.73. The van der Waals surface area contributed by atoms with Crippen LogP contribution in [0.15, 0.2) is 47.5 Å². The van der Waals surface area contributed by atoms with Gasteiger partial charge in [-0.05, 0) is 0 Å². The van der Waals surface area contributed by atoms with Crippen LogP contribution in [0.4, 0.5) is 0 Å². The minimum atomic E-state index is -3.35. The third-order valence-corrected chi connectivity index (χ3v) is 32.7. The molecular formula is C24H30HfSi. The van der Waals surface area contributed by atoms with Gasteiger partial charge in [-0.25, -0.2) is 0 Å². The van der Waals surface area contributed by atoms with Crippen LogP contribution in [0.5, 0.6) is 0 Å². The molecule has 0 nitrogen and oxygen atoms in total. The van der Waals surface area contributed by atoms with E-state index >= 15 is 0 Å². The number of allylic oxidation sites excluding steroid dienone is 2. The average molecular weight is 525 g/mol. The SMILES string of the molecule is CC1=Cc2c(C)cccc2[CH]1[Hf]([CH3])([CH3])(=[SiH2])[CH]1C(C)=Cc2c(C)cccc21. The predicted molar refractivity (Wildman–Crippen MR) is 115 cm³/mol. The van der Waals surface area contributed by atoms with Crippen molar-refractivity contribution in [1.29, 1.82) is 0 Å². The molecule has 0 aromatic heterocycles. The van der Waals surface area contributed by atoms with Gasteiger partial charge < -0.3 is 0 Å². The third-order valence-electron chi connectivity index (χ3n) is 6.89. The quantitative estimate of drug-likeness (QED) is 0.407. The van der Waals surface area contributed by atoms with Gasteiger partial charge in [0.1, 0.15) is 0 Å². The molecule has 0 radical (unpaired) electrons. The van der Waals surface area contributed by atoms with E-state index in [1.165, 1.54) is 22.3 Å². The van der Waals surface area contributed by atoms with Crippen molar-refractivity contribution < 1.29 is 17.1 Å². The summed E-state index contributed by atoms with van der Waals surface area (Å²) in [6.45, 7) is 11.7. The number of aryl methyl sites for hydroxylation is 2. The zero-order chi connectivity index (χ0) is 18.9. The second-order valence-corrected chi connectivity index (χ2v) is 53.2. The molecule has 4 rings (SSSR count). The summed E-state index contributed by atoms with van der Waals surface area (Å²) in [5.74, 6) is 0. The standard InChI is InChI=1S/2C11H11.2CH3.Hf.H2Si/c2*1-8-6-10-5-3-4-9(2)11(10)7-8;;;;/h2*3-7H,1-2H3;2*1H3;;1H2. The summed E-state index contributed by atoms with van der Waals surface area (Å²) in [7, 11) is 0. The molecule has 0 N–H and O–H groups in total. The Kier molecular flexibility index (Phi) is 4.06. The molecule has 2 aromatic rings. The van der Waals surface area contributed by atoms with Crippen molar-refractivity contribution in [3.63, 3.8) is 0 Å². The summed E-state index contributed by atoms with van der Waals surface area (Å²) in [5.41, 5.74) is 12.2. The molecule has 2 aliphatic rings. The van der Waals surface area contributed by atoms with Crippen molar-refractivity contribution in [2.75, 3.05) is 0 Å². The summed E-state index contributed by atoms with van der Waals surface area (Å²) in [4.78, 5) is 0. The first-order chi connectivity index (χ1) is 12.1. The molecule has 0 spiro atoms. The van der Waals surface area contributed by atoms with E-state index < -0.39 is 17.1 Å². The van der Waals surface area contributed by atoms with Gasteiger partial charge in [-0.15, -0.1) is 0 Å². The maximum absolute atomic E-state index is 3.35. The van der Waals surface area contributed by atoms with Gasteiger partial charge in [0.2, 0.25) is 0 Å². The van der Waals surface area contributed by atoms with E-state index in [2.05, 4.69) is 92.5 Å². The van der Waals surface area contributed by atoms with E-state index in [4.69, 9.17) is 0 Å². The molecule has 2 unspecified atom stereocenters. The van der Waals surface area contributed by atoms with Gasteiger partial charge in [0, 0.05) is 0 Å². The predicted octanol–water partition coefficient (Wildman–Crippen LogP) is 6.25. The Morgan fingerprint density at radius 3 is 1.46 bits per heavy atom. The Balaban J connectivity index is 1.95. The van der Waals surface area contributed by atoms with Crippen molar-refractivity contribution in [3.05, 3.63) is 80.9 Å².